The van der Waals surface area contributed by atoms with Crippen LogP contribution in [0.3, 0.4) is 0 Å². The molecule has 0 aliphatic carbocycles. The SMILES string of the molecule is COc1c(Cl)ncnc1NC1CC2CCCC(C1)N2C. The van der Waals surface area contributed by atoms with Gasteiger partial charge >= 0.3 is 0 Å². The van der Waals surface area contributed by atoms with E-state index >= 15 is 0 Å². The highest BCUT2D eigenvalue weighted by Gasteiger charge is 2.36. The van der Waals surface area contributed by atoms with Crippen LogP contribution in [0.5, 0.6) is 5.75 Å². The van der Waals surface area contributed by atoms with Crippen molar-refractivity contribution in [2.75, 3.05) is 19.5 Å². The molecule has 110 valence electrons. The Morgan fingerprint density at radius 2 is 2.00 bits per heavy atom. The van der Waals surface area contributed by atoms with Gasteiger partial charge in [0.05, 0.1) is 7.11 Å². The van der Waals surface area contributed by atoms with Crippen molar-refractivity contribution in [2.24, 2.45) is 0 Å². The van der Waals surface area contributed by atoms with Crippen molar-refractivity contribution in [3.8, 4) is 5.75 Å². The van der Waals surface area contributed by atoms with Crippen LogP contribution < -0.4 is 10.1 Å². The summed E-state index contributed by atoms with van der Waals surface area (Å²) in [7, 11) is 3.85. The minimum Gasteiger partial charge on any atom is -0.490 e. The number of rotatable bonds is 3. The minimum absolute atomic E-state index is 0.359. The van der Waals surface area contributed by atoms with E-state index in [1.54, 1.807) is 7.11 Å². The Balaban J connectivity index is 1.74. The topological polar surface area (TPSA) is 50.3 Å². The van der Waals surface area contributed by atoms with Gasteiger partial charge in [-0.15, -0.1) is 0 Å². The van der Waals surface area contributed by atoms with E-state index in [1.165, 1.54) is 25.6 Å². The second-order valence-electron chi connectivity index (χ2n) is 5.76. The zero-order valence-electron chi connectivity index (χ0n) is 12.0. The van der Waals surface area contributed by atoms with E-state index in [2.05, 4.69) is 27.2 Å². The molecule has 2 saturated heterocycles. The Kier molecular flexibility index (Phi) is 3.98. The zero-order chi connectivity index (χ0) is 14.1. The number of fused-ring (bicyclic) bond motifs is 2. The van der Waals surface area contributed by atoms with Gasteiger partial charge in [-0.05, 0) is 32.7 Å². The van der Waals surface area contributed by atoms with Crippen molar-refractivity contribution < 1.29 is 4.74 Å². The van der Waals surface area contributed by atoms with Crippen molar-refractivity contribution in [2.45, 2.75) is 50.2 Å². The highest BCUT2D eigenvalue weighted by atomic mass is 35.5. The molecule has 3 heterocycles. The van der Waals surface area contributed by atoms with Gasteiger partial charge in [0.1, 0.15) is 6.33 Å². The van der Waals surface area contributed by atoms with Gasteiger partial charge in [0.2, 0.25) is 0 Å². The number of hydrogen-bond donors (Lipinski definition) is 1. The highest BCUT2D eigenvalue weighted by molar-refractivity contribution is 6.31. The number of anilines is 1. The Hall–Kier alpha value is -1.07. The lowest BCUT2D eigenvalue weighted by Gasteiger charge is -2.47. The maximum Gasteiger partial charge on any atom is 0.198 e. The van der Waals surface area contributed by atoms with Crippen LogP contribution in [0.15, 0.2) is 6.33 Å². The molecule has 2 aliphatic heterocycles. The number of methoxy groups -OCH3 is 1. The minimum atomic E-state index is 0.359. The molecule has 2 aliphatic rings. The van der Waals surface area contributed by atoms with Crippen LogP contribution in [0.2, 0.25) is 5.15 Å². The van der Waals surface area contributed by atoms with E-state index in [1.807, 2.05) is 0 Å². The predicted molar refractivity (Wildman–Crippen MR) is 79.4 cm³/mol. The van der Waals surface area contributed by atoms with E-state index in [4.69, 9.17) is 16.3 Å². The fourth-order valence-corrected chi connectivity index (χ4v) is 3.77. The van der Waals surface area contributed by atoms with Gasteiger partial charge < -0.3 is 15.0 Å². The number of nitrogens with one attached hydrogen (secondary N) is 1. The molecule has 0 saturated carbocycles. The van der Waals surface area contributed by atoms with Gasteiger partial charge in [0.25, 0.3) is 0 Å². The Morgan fingerprint density at radius 3 is 2.65 bits per heavy atom. The van der Waals surface area contributed by atoms with Gasteiger partial charge in [0.15, 0.2) is 16.7 Å². The van der Waals surface area contributed by atoms with Crippen LogP contribution in [-0.2, 0) is 0 Å². The molecular formula is C14H21ClN4O. The summed E-state index contributed by atoms with van der Waals surface area (Å²) in [6, 6.07) is 1.80. The Morgan fingerprint density at radius 1 is 1.30 bits per heavy atom. The molecule has 2 fully saturated rings. The van der Waals surface area contributed by atoms with Crippen LogP contribution in [0.25, 0.3) is 0 Å². The molecule has 5 nitrogen and oxygen atoms in total. The molecular weight excluding hydrogens is 276 g/mol. The maximum atomic E-state index is 6.04. The van der Waals surface area contributed by atoms with Crippen LogP contribution >= 0.6 is 11.6 Å². The third-order valence-corrected chi connectivity index (χ3v) is 4.91. The summed E-state index contributed by atoms with van der Waals surface area (Å²) in [5.41, 5.74) is 0. The summed E-state index contributed by atoms with van der Waals surface area (Å²) in [6.45, 7) is 0. The second kappa shape index (κ2) is 5.74. The van der Waals surface area contributed by atoms with Crippen LogP contribution in [0.4, 0.5) is 5.82 Å². The average molecular weight is 297 g/mol. The normalized spacial score (nSPS) is 30.1. The number of aromatic nitrogens is 2. The summed E-state index contributed by atoms with van der Waals surface area (Å²) in [5, 5.41) is 3.86. The molecule has 6 heteroatoms. The zero-order valence-corrected chi connectivity index (χ0v) is 12.7. The van der Waals surface area contributed by atoms with E-state index in [-0.39, 0.29) is 0 Å². The van der Waals surface area contributed by atoms with Crippen molar-refractivity contribution >= 4 is 17.4 Å². The summed E-state index contributed by atoms with van der Waals surface area (Å²) in [6.07, 6.45) is 7.73. The predicted octanol–water partition coefficient (Wildman–Crippen LogP) is 2.57. The lowest BCUT2D eigenvalue weighted by molar-refractivity contribution is 0.0607. The molecule has 2 unspecified atom stereocenters. The highest BCUT2D eigenvalue weighted by Crippen LogP contribution is 2.35. The smallest absolute Gasteiger partial charge is 0.198 e. The maximum absolute atomic E-state index is 6.04. The number of piperidine rings is 2. The molecule has 0 amide bonds. The largest absolute Gasteiger partial charge is 0.490 e. The molecule has 0 aromatic carbocycles. The molecule has 2 bridgehead atoms. The van der Waals surface area contributed by atoms with E-state index in [9.17, 15) is 0 Å². The number of nitrogens with zero attached hydrogens (tertiary/aromatic N) is 3. The van der Waals surface area contributed by atoms with Gasteiger partial charge in [-0.25, -0.2) is 9.97 Å². The fraction of sp³-hybridized carbons (Fsp3) is 0.714. The van der Waals surface area contributed by atoms with Crippen molar-refractivity contribution in [3.05, 3.63) is 11.5 Å². The van der Waals surface area contributed by atoms with Gasteiger partial charge in [-0.3, -0.25) is 0 Å². The summed E-state index contributed by atoms with van der Waals surface area (Å²) in [4.78, 5) is 10.8. The molecule has 1 N–H and O–H groups in total. The molecule has 3 rings (SSSR count). The third kappa shape index (κ3) is 2.56. The lowest BCUT2D eigenvalue weighted by atomic mass is 9.82. The monoisotopic (exact) mass is 296 g/mol. The van der Waals surface area contributed by atoms with Gasteiger partial charge in [-0.1, -0.05) is 18.0 Å². The quantitative estimate of drug-likeness (QED) is 0.869. The molecule has 20 heavy (non-hydrogen) atoms. The summed E-state index contributed by atoms with van der Waals surface area (Å²) >= 11 is 6.04. The van der Waals surface area contributed by atoms with Crippen LogP contribution in [0, 0.1) is 0 Å². The van der Waals surface area contributed by atoms with E-state index in [0.29, 0.717) is 34.8 Å². The molecule has 1 aromatic heterocycles. The van der Waals surface area contributed by atoms with Crippen LogP contribution in [-0.4, -0.2) is 47.2 Å². The van der Waals surface area contributed by atoms with Crippen molar-refractivity contribution in [1.29, 1.82) is 0 Å². The molecule has 0 spiro atoms. The first kappa shape index (κ1) is 13.9. The van der Waals surface area contributed by atoms with Gasteiger partial charge in [-0.2, -0.15) is 0 Å². The van der Waals surface area contributed by atoms with E-state index in [0.717, 1.165) is 12.8 Å². The Bertz CT molecular complexity index is 470. The summed E-state index contributed by atoms with van der Waals surface area (Å²) in [5.74, 6) is 1.25. The van der Waals surface area contributed by atoms with E-state index < -0.39 is 0 Å². The number of halogens is 1. The first-order chi connectivity index (χ1) is 9.69. The van der Waals surface area contributed by atoms with Crippen molar-refractivity contribution in [1.82, 2.24) is 14.9 Å². The standard InChI is InChI=1S/C14H21ClN4O/c1-19-10-4-3-5-11(19)7-9(6-10)18-14-12(20-2)13(15)16-8-17-14/h8-11H,3-7H2,1-2H3,(H,16,17,18). The third-order valence-electron chi connectivity index (χ3n) is 4.65. The van der Waals surface area contributed by atoms with Crippen LogP contribution in [0.1, 0.15) is 32.1 Å². The van der Waals surface area contributed by atoms with Crippen molar-refractivity contribution in [3.63, 3.8) is 0 Å². The molecule has 1 aromatic rings. The number of hydrogen-bond acceptors (Lipinski definition) is 5. The average Bonchev–Trinajstić information content (AvgIpc) is 2.40. The summed E-state index contributed by atoms with van der Waals surface area (Å²) < 4.78 is 5.30. The first-order valence-electron chi connectivity index (χ1n) is 7.22. The second-order valence-corrected chi connectivity index (χ2v) is 6.12. The van der Waals surface area contributed by atoms with Gasteiger partial charge in [0, 0.05) is 18.1 Å². The fourth-order valence-electron chi connectivity index (χ4n) is 3.56. The molecule has 0 radical (unpaired) electrons. The first-order valence-corrected chi connectivity index (χ1v) is 7.59. The lowest BCUT2D eigenvalue weighted by Crippen LogP contribution is -2.52. The Labute approximate surface area is 124 Å². The molecule has 2 atom stereocenters. The number of ether oxygens (including phenoxy) is 1.